The third kappa shape index (κ3) is 4.50. The molecule has 3 N–H and O–H groups in total. The fraction of sp³-hybridized carbons (Fsp3) is 0.190. The highest BCUT2D eigenvalue weighted by molar-refractivity contribution is 7.92. The van der Waals surface area contributed by atoms with Crippen LogP contribution >= 0.6 is 0 Å². The Bertz CT molecular complexity index is 1360. The minimum Gasteiger partial charge on any atom is -0.493 e. The SMILES string of the molecule is COc1cc(Nc2ncc(F)c(Nc3ccc4c(c3)NC(=O)CS4(=O)=O)n2)cc(OC)c1OC. The van der Waals surface area contributed by atoms with Gasteiger partial charge in [-0.1, -0.05) is 0 Å². The summed E-state index contributed by atoms with van der Waals surface area (Å²) >= 11 is 0. The van der Waals surface area contributed by atoms with E-state index in [1.54, 1.807) is 12.1 Å². The van der Waals surface area contributed by atoms with Crippen molar-refractivity contribution in [1.29, 1.82) is 0 Å². The van der Waals surface area contributed by atoms with Crippen LogP contribution in [0.2, 0.25) is 0 Å². The number of amides is 1. The highest BCUT2D eigenvalue weighted by atomic mass is 32.2. The van der Waals surface area contributed by atoms with Crippen LogP contribution in [0.15, 0.2) is 41.4 Å². The monoisotopic (exact) mass is 489 g/mol. The van der Waals surface area contributed by atoms with Crippen molar-refractivity contribution in [1.82, 2.24) is 9.97 Å². The molecule has 0 saturated heterocycles. The Labute approximate surface area is 194 Å². The molecule has 0 saturated carbocycles. The maximum atomic E-state index is 14.4. The third-order valence-electron chi connectivity index (χ3n) is 4.84. The number of hydrogen-bond donors (Lipinski definition) is 3. The van der Waals surface area contributed by atoms with Crippen molar-refractivity contribution in [3.05, 3.63) is 42.3 Å². The Morgan fingerprint density at radius 3 is 2.35 bits per heavy atom. The molecule has 0 bridgehead atoms. The molecule has 0 spiro atoms. The van der Waals surface area contributed by atoms with Gasteiger partial charge < -0.3 is 30.2 Å². The minimum atomic E-state index is -3.73. The summed E-state index contributed by atoms with van der Waals surface area (Å²) in [7, 11) is 0.708. The van der Waals surface area contributed by atoms with E-state index in [-0.39, 0.29) is 22.3 Å². The van der Waals surface area contributed by atoms with Crippen LogP contribution in [0.1, 0.15) is 0 Å². The van der Waals surface area contributed by atoms with Crippen LogP contribution in [-0.2, 0) is 14.6 Å². The second kappa shape index (κ2) is 9.02. The van der Waals surface area contributed by atoms with Gasteiger partial charge in [0.05, 0.1) is 38.1 Å². The van der Waals surface area contributed by atoms with Crippen LogP contribution in [0.4, 0.5) is 33.2 Å². The van der Waals surface area contributed by atoms with Crippen molar-refractivity contribution in [3.8, 4) is 17.2 Å². The van der Waals surface area contributed by atoms with Crippen LogP contribution in [0.25, 0.3) is 0 Å². The van der Waals surface area contributed by atoms with Crippen molar-refractivity contribution < 1.29 is 31.8 Å². The van der Waals surface area contributed by atoms with E-state index in [0.717, 1.165) is 6.20 Å². The van der Waals surface area contributed by atoms with Crippen molar-refractivity contribution >= 4 is 44.6 Å². The predicted octanol–water partition coefficient (Wildman–Crippen LogP) is 2.85. The average Bonchev–Trinajstić information content (AvgIpc) is 2.79. The lowest BCUT2D eigenvalue weighted by molar-refractivity contribution is -0.114. The van der Waals surface area contributed by atoms with Gasteiger partial charge in [0.2, 0.25) is 17.6 Å². The predicted molar refractivity (Wildman–Crippen MR) is 122 cm³/mol. The summed E-state index contributed by atoms with van der Waals surface area (Å²) in [5, 5.41) is 8.22. The number of carbonyl (C=O) groups excluding carboxylic acids is 1. The zero-order chi connectivity index (χ0) is 24.5. The lowest BCUT2D eigenvalue weighted by atomic mass is 10.2. The number of nitrogens with one attached hydrogen (secondary N) is 3. The van der Waals surface area contributed by atoms with E-state index in [0.29, 0.717) is 28.6 Å². The second-order valence-corrected chi connectivity index (χ2v) is 9.03. The van der Waals surface area contributed by atoms with Gasteiger partial charge >= 0.3 is 0 Å². The maximum Gasteiger partial charge on any atom is 0.239 e. The minimum absolute atomic E-state index is 0.00874. The number of ether oxygens (including phenoxy) is 3. The molecule has 2 heterocycles. The highest BCUT2D eigenvalue weighted by Gasteiger charge is 2.28. The number of methoxy groups -OCH3 is 3. The number of fused-ring (bicyclic) bond motifs is 1. The number of halogens is 1. The van der Waals surface area contributed by atoms with Crippen molar-refractivity contribution in [2.75, 3.05) is 43.0 Å². The van der Waals surface area contributed by atoms with E-state index in [1.165, 1.54) is 39.5 Å². The molecule has 1 aliphatic heterocycles. The number of sulfone groups is 1. The van der Waals surface area contributed by atoms with E-state index >= 15 is 0 Å². The van der Waals surface area contributed by atoms with E-state index in [1.807, 2.05) is 0 Å². The normalized spacial score (nSPS) is 13.9. The molecule has 11 nitrogen and oxygen atoms in total. The van der Waals surface area contributed by atoms with Gasteiger partial charge in [0.25, 0.3) is 0 Å². The van der Waals surface area contributed by atoms with Crippen LogP contribution in [0, 0.1) is 5.82 Å². The topological polar surface area (TPSA) is 141 Å². The number of nitrogens with zero attached hydrogens (tertiary/aromatic N) is 2. The van der Waals surface area contributed by atoms with Gasteiger partial charge in [0.1, 0.15) is 5.75 Å². The summed E-state index contributed by atoms with van der Waals surface area (Å²) in [5.41, 5.74) is 0.910. The van der Waals surface area contributed by atoms with Gasteiger partial charge in [0.15, 0.2) is 33.0 Å². The number of aromatic nitrogens is 2. The molecule has 34 heavy (non-hydrogen) atoms. The van der Waals surface area contributed by atoms with Crippen LogP contribution in [-0.4, -0.2) is 51.4 Å². The molecule has 3 aromatic rings. The van der Waals surface area contributed by atoms with Crippen molar-refractivity contribution in [2.24, 2.45) is 0 Å². The van der Waals surface area contributed by atoms with Gasteiger partial charge in [-0.3, -0.25) is 4.79 Å². The molecule has 1 aromatic heterocycles. The maximum absolute atomic E-state index is 14.4. The number of hydrogen-bond acceptors (Lipinski definition) is 10. The van der Waals surface area contributed by atoms with E-state index in [4.69, 9.17) is 14.2 Å². The summed E-state index contributed by atoms with van der Waals surface area (Å²) in [6.45, 7) is 0. The van der Waals surface area contributed by atoms with Crippen molar-refractivity contribution in [3.63, 3.8) is 0 Å². The lowest BCUT2D eigenvalue weighted by Gasteiger charge is -2.18. The standard InChI is InChI=1S/C21H20FN5O6S/c1-31-15-7-12(8-16(32-2)19(15)33-3)25-21-23-9-13(22)20(27-21)24-11-4-5-17-14(6-11)26-18(28)10-34(17,29)30/h4-9H,10H2,1-3H3,(H,26,28)(H2,23,24,25,27). The zero-order valence-corrected chi connectivity index (χ0v) is 19.1. The summed E-state index contributed by atoms with van der Waals surface area (Å²) in [6.07, 6.45) is 0.973. The van der Waals surface area contributed by atoms with Gasteiger partial charge in [-0.05, 0) is 18.2 Å². The van der Waals surface area contributed by atoms with Gasteiger partial charge in [-0.15, -0.1) is 0 Å². The first-order valence-electron chi connectivity index (χ1n) is 9.77. The van der Waals surface area contributed by atoms with E-state index in [2.05, 4.69) is 25.9 Å². The first-order chi connectivity index (χ1) is 16.2. The number of carbonyl (C=O) groups is 1. The first kappa shape index (κ1) is 23.0. The molecule has 178 valence electrons. The van der Waals surface area contributed by atoms with Crippen LogP contribution in [0.3, 0.4) is 0 Å². The molecule has 0 radical (unpaired) electrons. The Morgan fingerprint density at radius 2 is 1.71 bits per heavy atom. The zero-order valence-electron chi connectivity index (χ0n) is 18.3. The summed E-state index contributed by atoms with van der Waals surface area (Å²) in [4.78, 5) is 19.8. The van der Waals surface area contributed by atoms with Crippen LogP contribution < -0.4 is 30.2 Å². The Morgan fingerprint density at radius 1 is 1.00 bits per heavy atom. The second-order valence-electron chi connectivity index (χ2n) is 7.07. The lowest BCUT2D eigenvalue weighted by Crippen LogP contribution is -2.29. The Balaban J connectivity index is 1.62. The summed E-state index contributed by atoms with van der Waals surface area (Å²) in [5.74, 6) is -0.920. The molecular weight excluding hydrogens is 469 g/mol. The summed E-state index contributed by atoms with van der Waals surface area (Å²) < 4.78 is 54.7. The molecule has 4 rings (SSSR count). The van der Waals surface area contributed by atoms with E-state index < -0.39 is 27.3 Å². The molecule has 13 heteroatoms. The molecule has 1 aliphatic rings. The van der Waals surface area contributed by atoms with Gasteiger partial charge in [-0.25, -0.2) is 17.8 Å². The van der Waals surface area contributed by atoms with Gasteiger partial charge in [0, 0.05) is 23.5 Å². The molecule has 1 amide bonds. The van der Waals surface area contributed by atoms with Gasteiger partial charge in [-0.2, -0.15) is 4.98 Å². The average molecular weight is 489 g/mol. The molecular formula is C21H20FN5O6S. The van der Waals surface area contributed by atoms with Crippen LogP contribution in [0.5, 0.6) is 17.2 Å². The molecule has 0 unspecified atom stereocenters. The molecule has 0 aliphatic carbocycles. The highest BCUT2D eigenvalue weighted by Crippen LogP contribution is 2.40. The Hall–Kier alpha value is -4.13. The van der Waals surface area contributed by atoms with E-state index in [9.17, 15) is 17.6 Å². The number of benzene rings is 2. The summed E-state index contributed by atoms with van der Waals surface area (Å²) in [6, 6.07) is 7.43. The molecule has 2 aromatic carbocycles. The molecule has 0 atom stereocenters. The largest absolute Gasteiger partial charge is 0.493 e. The number of rotatable bonds is 7. The molecule has 0 fully saturated rings. The quantitative estimate of drug-likeness (QED) is 0.454. The third-order valence-corrected chi connectivity index (χ3v) is 6.51. The van der Waals surface area contributed by atoms with Crippen molar-refractivity contribution in [2.45, 2.75) is 4.90 Å². The first-order valence-corrected chi connectivity index (χ1v) is 11.4. The smallest absolute Gasteiger partial charge is 0.239 e. The number of anilines is 5. The fourth-order valence-corrected chi connectivity index (χ4v) is 4.64. The Kier molecular flexibility index (Phi) is 6.11. The fourth-order valence-electron chi connectivity index (χ4n) is 3.35.